The number of carbonyl (C=O) groups excluding carboxylic acids is 1. The summed E-state index contributed by atoms with van der Waals surface area (Å²) in [6, 6.07) is 10.9. The van der Waals surface area contributed by atoms with Crippen molar-refractivity contribution in [2.45, 2.75) is 0 Å². The summed E-state index contributed by atoms with van der Waals surface area (Å²) < 4.78 is 0.692. The molecule has 1 N–H and O–H groups in total. The van der Waals surface area contributed by atoms with Gasteiger partial charge in [0.25, 0.3) is 5.91 Å². The third-order valence-electron chi connectivity index (χ3n) is 2.60. The summed E-state index contributed by atoms with van der Waals surface area (Å²) >= 11 is 7.20. The van der Waals surface area contributed by atoms with Crippen molar-refractivity contribution in [2.24, 2.45) is 5.10 Å². The average Bonchev–Trinajstić information content (AvgIpc) is 2.84. The van der Waals surface area contributed by atoms with Gasteiger partial charge < -0.3 is 4.90 Å². The normalized spacial score (nSPS) is 10.8. The highest BCUT2D eigenvalue weighted by atomic mass is 35.5. The molecule has 104 valence electrons. The van der Waals surface area contributed by atoms with Crippen molar-refractivity contribution in [3.8, 4) is 0 Å². The van der Waals surface area contributed by atoms with Crippen molar-refractivity contribution in [1.29, 1.82) is 0 Å². The van der Waals surface area contributed by atoms with Crippen molar-refractivity contribution in [3.05, 3.63) is 51.2 Å². The molecule has 1 aromatic heterocycles. The fraction of sp³-hybridized carbons (Fsp3) is 0.143. The van der Waals surface area contributed by atoms with E-state index >= 15 is 0 Å². The molecule has 0 unspecified atom stereocenters. The van der Waals surface area contributed by atoms with Crippen LogP contribution in [0.5, 0.6) is 0 Å². The van der Waals surface area contributed by atoms with E-state index in [1.807, 2.05) is 37.2 Å². The van der Waals surface area contributed by atoms with Gasteiger partial charge in [-0.2, -0.15) is 5.10 Å². The number of amides is 1. The predicted molar refractivity (Wildman–Crippen MR) is 85.2 cm³/mol. The van der Waals surface area contributed by atoms with Gasteiger partial charge in [-0.3, -0.25) is 4.79 Å². The number of anilines is 1. The van der Waals surface area contributed by atoms with Gasteiger partial charge in [0.05, 0.1) is 10.6 Å². The molecule has 20 heavy (non-hydrogen) atoms. The number of carbonyl (C=O) groups is 1. The Labute approximate surface area is 126 Å². The summed E-state index contributed by atoms with van der Waals surface area (Å²) in [4.78, 5) is 14.7. The van der Waals surface area contributed by atoms with Crippen LogP contribution in [-0.2, 0) is 0 Å². The molecule has 2 aromatic rings. The first-order valence-electron chi connectivity index (χ1n) is 5.92. The van der Waals surface area contributed by atoms with Crippen molar-refractivity contribution in [2.75, 3.05) is 19.0 Å². The van der Waals surface area contributed by atoms with E-state index < -0.39 is 0 Å². The highest BCUT2D eigenvalue weighted by Gasteiger charge is 2.04. The molecule has 0 radical (unpaired) electrons. The maximum atomic E-state index is 11.9. The lowest BCUT2D eigenvalue weighted by Gasteiger charge is -2.12. The van der Waals surface area contributed by atoms with Gasteiger partial charge in [-0.05, 0) is 36.4 Å². The van der Waals surface area contributed by atoms with E-state index in [2.05, 4.69) is 10.5 Å². The van der Waals surface area contributed by atoms with Gasteiger partial charge in [0.15, 0.2) is 0 Å². The summed E-state index contributed by atoms with van der Waals surface area (Å²) in [5.41, 5.74) is 4.09. The van der Waals surface area contributed by atoms with Crippen LogP contribution in [0, 0.1) is 0 Å². The Bertz CT molecular complexity index is 620. The number of thiophene rings is 1. The van der Waals surface area contributed by atoms with E-state index in [9.17, 15) is 4.79 Å². The molecule has 6 heteroatoms. The molecular weight excluding hydrogens is 294 g/mol. The Hall–Kier alpha value is -1.85. The van der Waals surface area contributed by atoms with E-state index in [1.54, 1.807) is 24.4 Å². The Balaban J connectivity index is 1.96. The molecule has 0 spiro atoms. The third kappa shape index (κ3) is 3.82. The molecule has 1 heterocycles. The Kier molecular flexibility index (Phi) is 4.76. The lowest BCUT2D eigenvalue weighted by atomic mass is 10.2. The Morgan fingerprint density at radius 1 is 1.25 bits per heavy atom. The summed E-state index contributed by atoms with van der Waals surface area (Å²) in [7, 11) is 3.90. The molecule has 1 amide bonds. The van der Waals surface area contributed by atoms with Gasteiger partial charge in [0.1, 0.15) is 0 Å². The van der Waals surface area contributed by atoms with Gasteiger partial charge in [-0.1, -0.05) is 11.6 Å². The highest BCUT2D eigenvalue weighted by molar-refractivity contribution is 7.17. The fourth-order valence-corrected chi connectivity index (χ4v) is 2.46. The number of nitrogens with one attached hydrogen (secondary N) is 1. The predicted octanol–water partition coefficient (Wildman–Crippen LogP) is 3.23. The van der Waals surface area contributed by atoms with Gasteiger partial charge in [0.2, 0.25) is 0 Å². The molecule has 0 saturated carbocycles. The molecule has 0 fully saturated rings. The number of benzene rings is 1. The van der Waals surface area contributed by atoms with Crippen LogP contribution in [-0.4, -0.2) is 26.2 Å². The molecule has 0 atom stereocenters. The smallest absolute Gasteiger partial charge is 0.271 e. The van der Waals surface area contributed by atoms with Crippen molar-refractivity contribution in [1.82, 2.24) is 5.43 Å². The second-order valence-electron chi connectivity index (χ2n) is 4.28. The minimum Gasteiger partial charge on any atom is -0.378 e. The SMILES string of the molecule is CN(C)c1ccc(C(=O)N/N=C/c2ccc(Cl)s2)cc1. The maximum Gasteiger partial charge on any atom is 0.271 e. The van der Waals surface area contributed by atoms with Crippen LogP contribution >= 0.6 is 22.9 Å². The van der Waals surface area contributed by atoms with Gasteiger partial charge in [-0.15, -0.1) is 11.3 Å². The van der Waals surface area contributed by atoms with E-state index in [1.165, 1.54) is 11.3 Å². The molecule has 0 aliphatic carbocycles. The first-order chi connectivity index (χ1) is 9.56. The maximum absolute atomic E-state index is 11.9. The van der Waals surface area contributed by atoms with Crippen molar-refractivity contribution >= 4 is 40.7 Å². The van der Waals surface area contributed by atoms with Gasteiger partial charge in [0, 0.05) is 30.2 Å². The van der Waals surface area contributed by atoms with Crippen molar-refractivity contribution < 1.29 is 4.79 Å². The Morgan fingerprint density at radius 3 is 2.50 bits per heavy atom. The standard InChI is InChI=1S/C14H14ClN3OS/c1-18(2)11-5-3-10(4-6-11)14(19)17-16-9-12-7-8-13(15)20-12/h3-9H,1-2H3,(H,17,19)/b16-9+. The van der Waals surface area contributed by atoms with Crippen LogP contribution in [0.25, 0.3) is 0 Å². The minimum absolute atomic E-state index is 0.241. The fourth-order valence-electron chi connectivity index (χ4n) is 1.53. The quantitative estimate of drug-likeness (QED) is 0.696. The molecule has 0 aliphatic heterocycles. The van der Waals surface area contributed by atoms with E-state index in [0.717, 1.165) is 10.6 Å². The number of halogens is 1. The summed E-state index contributed by atoms with van der Waals surface area (Å²) in [6.45, 7) is 0. The largest absolute Gasteiger partial charge is 0.378 e. The topological polar surface area (TPSA) is 44.7 Å². The highest BCUT2D eigenvalue weighted by Crippen LogP contribution is 2.19. The monoisotopic (exact) mass is 307 g/mol. The molecule has 0 aliphatic rings. The molecule has 1 aromatic carbocycles. The average molecular weight is 308 g/mol. The van der Waals surface area contributed by atoms with Crippen LogP contribution in [0.2, 0.25) is 4.34 Å². The van der Waals surface area contributed by atoms with Crippen LogP contribution in [0.1, 0.15) is 15.2 Å². The zero-order valence-corrected chi connectivity index (χ0v) is 12.7. The molecule has 0 saturated heterocycles. The van der Waals surface area contributed by atoms with Crippen LogP contribution in [0.15, 0.2) is 41.5 Å². The van der Waals surface area contributed by atoms with E-state index in [0.29, 0.717) is 9.90 Å². The number of hydrogen-bond acceptors (Lipinski definition) is 4. The molecule has 2 rings (SSSR count). The molecule has 0 bridgehead atoms. The Morgan fingerprint density at radius 2 is 1.95 bits per heavy atom. The molecule has 4 nitrogen and oxygen atoms in total. The third-order valence-corrected chi connectivity index (χ3v) is 3.76. The summed E-state index contributed by atoms with van der Waals surface area (Å²) in [5.74, 6) is -0.241. The molecular formula is C14H14ClN3OS. The zero-order valence-electron chi connectivity index (χ0n) is 11.1. The second-order valence-corrected chi connectivity index (χ2v) is 6.03. The number of hydrogen-bond donors (Lipinski definition) is 1. The second kappa shape index (κ2) is 6.54. The van der Waals surface area contributed by atoms with Gasteiger partial charge in [-0.25, -0.2) is 5.43 Å². The van der Waals surface area contributed by atoms with Crippen molar-refractivity contribution in [3.63, 3.8) is 0 Å². The number of nitrogens with zero attached hydrogens (tertiary/aromatic N) is 2. The van der Waals surface area contributed by atoms with Crippen LogP contribution in [0.3, 0.4) is 0 Å². The van der Waals surface area contributed by atoms with E-state index in [4.69, 9.17) is 11.6 Å². The van der Waals surface area contributed by atoms with Crippen LogP contribution in [0.4, 0.5) is 5.69 Å². The van der Waals surface area contributed by atoms with Gasteiger partial charge >= 0.3 is 0 Å². The lowest BCUT2D eigenvalue weighted by molar-refractivity contribution is 0.0955. The van der Waals surface area contributed by atoms with E-state index in [-0.39, 0.29) is 5.91 Å². The zero-order chi connectivity index (χ0) is 14.5. The lowest BCUT2D eigenvalue weighted by Crippen LogP contribution is -2.17. The van der Waals surface area contributed by atoms with Crippen LogP contribution < -0.4 is 10.3 Å². The number of rotatable bonds is 4. The summed E-state index contributed by atoms with van der Waals surface area (Å²) in [6.07, 6.45) is 1.57. The minimum atomic E-state index is -0.241. The first-order valence-corrected chi connectivity index (χ1v) is 7.12. The summed E-state index contributed by atoms with van der Waals surface area (Å²) in [5, 5.41) is 3.91. The number of hydrazone groups is 1. The first kappa shape index (κ1) is 14.6.